The first kappa shape index (κ1) is 32.6. The van der Waals surface area contributed by atoms with Gasteiger partial charge >= 0.3 is 0 Å². The van der Waals surface area contributed by atoms with Crippen molar-refractivity contribution in [2.24, 2.45) is 0 Å². The normalized spacial score (nSPS) is 11.8. The summed E-state index contributed by atoms with van der Waals surface area (Å²) >= 11 is 0. The van der Waals surface area contributed by atoms with Crippen LogP contribution in [0.15, 0.2) is 109 Å². The lowest BCUT2D eigenvalue weighted by Gasteiger charge is -2.19. The molecule has 0 bridgehead atoms. The lowest BCUT2D eigenvalue weighted by atomic mass is 9.86. The van der Waals surface area contributed by atoms with Crippen molar-refractivity contribution in [1.82, 2.24) is 9.97 Å². The smallest absolute Gasteiger partial charge is 0.226 e. The van der Waals surface area contributed by atoms with Crippen LogP contribution in [0.2, 0.25) is 0 Å². The molecule has 2 heterocycles. The summed E-state index contributed by atoms with van der Waals surface area (Å²) in [5, 5.41) is 0. The van der Waals surface area contributed by atoms with E-state index in [1.54, 1.807) is 14.2 Å². The molecule has 0 saturated carbocycles. The quantitative estimate of drug-likeness (QED) is 0.163. The lowest BCUT2D eigenvalue weighted by molar-refractivity contribution is 0.103. The van der Waals surface area contributed by atoms with Gasteiger partial charge in [0, 0.05) is 22.5 Å². The minimum absolute atomic E-state index is 0.0170. The van der Waals surface area contributed by atoms with Crippen molar-refractivity contribution < 1.29 is 14.3 Å². The number of carbonyl (C=O) groups is 1. The fraction of sp³-hybridized carbons (Fsp3) is 0.233. The molecule has 48 heavy (non-hydrogen) atoms. The van der Waals surface area contributed by atoms with Crippen molar-refractivity contribution in [3.8, 4) is 56.3 Å². The van der Waals surface area contributed by atoms with Crippen LogP contribution in [0.5, 0.6) is 11.5 Å². The highest BCUT2D eigenvalue weighted by Gasteiger charge is 2.25. The van der Waals surface area contributed by atoms with Gasteiger partial charge in [0.05, 0.1) is 25.6 Å². The maximum Gasteiger partial charge on any atom is 0.226 e. The summed E-state index contributed by atoms with van der Waals surface area (Å²) in [6.07, 6.45) is 0. The molecule has 0 unspecified atom stereocenters. The number of aromatic amines is 2. The van der Waals surface area contributed by atoms with E-state index in [9.17, 15) is 4.79 Å². The van der Waals surface area contributed by atoms with Gasteiger partial charge in [0.2, 0.25) is 5.78 Å². The van der Waals surface area contributed by atoms with Gasteiger partial charge in [-0.15, -0.1) is 0 Å². The molecule has 244 valence electrons. The first-order chi connectivity index (χ1) is 22.9. The zero-order valence-electron chi connectivity index (χ0n) is 29.1. The molecule has 2 aromatic heterocycles. The molecule has 2 N–H and O–H groups in total. The Morgan fingerprint density at radius 1 is 0.479 bits per heavy atom. The van der Waals surface area contributed by atoms with Gasteiger partial charge in [-0.1, -0.05) is 90.1 Å². The van der Waals surface area contributed by atoms with Gasteiger partial charge in [-0.05, 0) is 105 Å². The number of aromatic nitrogens is 2. The first-order valence-corrected chi connectivity index (χ1v) is 16.4. The van der Waals surface area contributed by atoms with Gasteiger partial charge < -0.3 is 19.4 Å². The molecule has 0 aliphatic carbocycles. The highest BCUT2D eigenvalue weighted by molar-refractivity contribution is 6.15. The van der Waals surface area contributed by atoms with Crippen LogP contribution in [0.25, 0.3) is 44.8 Å². The fourth-order valence-corrected chi connectivity index (χ4v) is 6.00. The van der Waals surface area contributed by atoms with Crippen molar-refractivity contribution in [1.29, 1.82) is 0 Å². The third-order valence-electron chi connectivity index (χ3n) is 9.02. The molecule has 4 aromatic carbocycles. The maximum atomic E-state index is 14.9. The Balaban J connectivity index is 1.51. The molecular formula is C43H44N2O3. The number of ketones is 1. The number of benzene rings is 4. The standard InChI is InChI=1S/C43H44N2O3/c1-42(2,3)31-17-9-27(10-18-31)35-25-37(29-13-21-33(47-7)22-14-29)44-39(35)41(46)40-36(28-11-19-32(20-12-28)43(4,5)6)26-38(45-40)30-15-23-34(48-8)24-16-30/h9-26,44-45H,1-8H3. The number of hydrogen-bond acceptors (Lipinski definition) is 3. The highest BCUT2D eigenvalue weighted by Crippen LogP contribution is 2.37. The Morgan fingerprint density at radius 3 is 1.08 bits per heavy atom. The average Bonchev–Trinajstić information content (AvgIpc) is 3.74. The second kappa shape index (κ2) is 12.7. The molecule has 5 nitrogen and oxygen atoms in total. The fourth-order valence-electron chi connectivity index (χ4n) is 6.00. The Labute approximate surface area is 284 Å². The molecule has 0 spiro atoms. The van der Waals surface area contributed by atoms with Gasteiger partial charge in [0.25, 0.3) is 0 Å². The average molecular weight is 637 g/mol. The molecule has 0 radical (unpaired) electrons. The minimum atomic E-state index is -0.112. The monoisotopic (exact) mass is 636 g/mol. The molecule has 0 amide bonds. The van der Waals surface area contributed by atoms with Crippen LogP contribution in [0.1, 0.15) is 68.9 Å². The Hall–Kier alpha value is -5.29. The van der Waals surface area contributed by atoms with Crippen molar-refractivity contribution in [3.05, 3.63) is 132 Å². The van der Waals surface area contributed by atoms with E-state index in [1.807, 2.05) is 48.5 Å². The van der Waals surface area contributed by atoms with Gasteiger partial charge in [-0.2, -0.15) is 0 Å². The number of methoxy groups -OCH3 is 2. The SMILES string of the molecule is COc1ccc(-c2cc(-c3ccc(C(C)(C)C)cc3)c(C(=O)c3[nH]c(-c4ccc(OC)cc4)cc3-c3ccc(C(C)(C)C)cc3)[nH]2)cc1. The van der Waals surface area contributed by atoms with Gasteiger partial charge in [0.1, 0.15) is 11.5 Å². The van der Waals surface area contributed by atoms with Gasteiger partial charge in [-0.3, -0.25) is 4.79 Å². The Morgan fingerprint density at radius 2 is 0.792 bits per heavy atom. The van der Waals surface area contributed by atoms with E-state index < -0.39 is 0 Å². The second-order valence-corrected chi connectivity index (χ2v) is 14.4. The zero-order valence-corrected chi connectivity index (χ0v) is 29.1. The first-order valence-electron chi connectivity index (χ1n) is 16.4. The summed E-state index contributed by atoms with van der Waals surface area (Å²) in [4.78, 5) is 21.9. The summed E-state index contributed by atoms with van der Waals surface area (Å²) in [5.74, 6) is 1.44. The lowest BCUT2D eigenvalue weighted by Crippen LogP contribution is -2.11. The maximum absolute atomic E-state index is 14.9. The number of H-pyrrole nitrogens is 2. The van der Waals surface area contributed by atoms with Crippen molar-refractivity contribution in [2.45, 2.75) is 52.4 Å². The van der Waals surface area contributed by atoms with Crippen molar-refractivity contribution in [3.63, 3.8) is 0 Å². The van der Waals surface area contributed by atoms with E-state index in [4.69, 9.17) is 9.47 Å². The van der Waals surface area contributed by atoms with E-state index in [0.717, 1.165) is 56.3 Å². The zero-order chi connectivity index (χ0) is 34.2. The van der Waals surface area contributed by atoms with Crippen LogP contribution in [-0.2, 0) is 10.8 Å². The van der Waals surface area contributed by atoms with Crippen LogP contribution in [-0.4, -0.2) is 30.0 Å². The largest absolute Gasteiger partial charge is 0.497 e. The van der Waals surface area contributed by atoms with E-state index in [1.165, 1.54) is 11.1 Å². The van der Waals surface area contributed by atoms with E-state index in [-0.39, 0.29) is 16.6 Å². The van der Waals surface area contributed by atoms with Crippen LogP contribution in [0.3, 0.4) is 0 Å². The summed E-state index contributed by atoms with van der Waals surface area (Å²) in [5.41, 5.74) is 10.8. The van der Waals surface area contributed by atoms with Crippen LogP contribution >= 0.6 is 0 Å². The van der Waals surface area contributed by atoms with E-state index in [0.29, 0.717) is 11.4 Å². The minimum Gasteiger partial charge on any atom is -0.497 e. The number of ether oxygens (including phenoxy) is 2. The summed E-state index contributed by atoms with van der Waals surface area (Å²) in [6.45, 7) is 13.2. The Bertz CT molecular complexity index is 1880. The number of rotatable bonds is 8. The third kappa shape index (κ3) is 6.59. The predicted molar refractivity (Wildman–Crippen MR) is 197 cm³/mol. The number of nitrogens with one attached hydrogen (secondary N) is 2. The topological polar surface area (TPSA) is 67.1 Å². The molecule has 6 rings (SSSR count). The predicted octanol–water partition coefficient (Wildman–Crippen LogP) is 10.9. The molecule has 0 saturated heterocycles. The highest BCUT2D eigenvalue weighted by atomic mass is 16.5. The van der Waals surface area contributed by atoms with Crippen molar-refractivity contribution in [2.75, 3.05) is 14.2 Å². The molecule has 0 aliphatic rings. The molecular weight excluding hydrogens is 592 g/mol. The molecule has 0 aliphatic heterocycles. The Kier molecular flexibility index (Phi) is 8.65. The van der Waals surface area contributed by atoms with Crippen LogP contribution < -0.4 is 9.47 Å². The van der Waals surface area contributed by atoms with Crippen molar-refractivity contribution >= 4 is 5.78 Å². The van der Waals surface area contributed by atoms with Gasteiger partial charge in [-0.25, -0.2) is 0 Å². The van der Waals surface area contributed by atoms with Crippen LogP contribution in [0, 0.1) is 0 Å². The van der Waals surface area contributed by atoms with Gasteiger partial charge in [0.15, 0.2) is 0 Å². The number of hydrogen-bond donors (Lipinski definition) is 2. The summed E-state index contributed by atoms with van der Waals surface area (Å²) in [6, 6.07) is 37.0. The number of carbonyl (C=O) groups excluding carboxylic acids is 1. The third-order valence-corrected chi connectivity index (χ3v) is 9.02. The molecule has 5 heteroatoms. The van der Waals surface area contributed by atoms with E-state index >= 15 is 0 Å². The van der Waals surface area contributed by atoms with E-state index in [2.05, 4.69) is 112 Å². The molecule has 0 fully saturated rings. The summed E-state index contributed by atoms with van der Waals surface area (Å²) < 4.78 is 10.8. The summed E-state index contributed by atoms with van der Waals surface area (Å²) in [7, 11) is 3.31. The molecule has 0 atom stereocenters. The second-order valence-electron chi connectivity index (χ2n) is 14.4. The molecule has 6 aromatic rings. The van der Waals surface area contributed by atoms with Crippen LogP contribution in [0.4, 0.5) is 0 Å².